The minimum absolute atomic E-state index is 0.00801. The molecule has 0 aliphatic rings. The summed E-state index contributed by atoms with van der Waals surface area (Å²) in [6.45, 7) is 5.80. The summed E-state index contributed by atoms with van der Waals surface area (Å²) < 4.78 is 18.6. The molecule has 1 amide bonds. The van der Waals surface area contributed by atoms with Gasteiger partial charge in [0.15, 0.2) is 5.82 Å². The molecule has 1 aromatic carbocycles. The molecule has 0 heterocycles. The van der Waals surface area contributed by atoms with E-state index in [1.54, 1.807) is 39.0 Å². The maximum Gasteiger partial charge on any atom is 0.407 e. The lowest BCUT2D eigenvalue weighted by Gasteiger charge is -2.19. The highest BCUT2D eigenvalue weighted by Crippen LogP contribution is 2.25. The lowest BCUT2D eigenvalue weighted by Crippen LogP contribution is -2.32. The second-order valence-corrected chi connectivity index (χ2v) is 5.87. The SMILES string of the molecule is CC(C)(C)OC(=O)NCCC=Cc1ccc(N)c(F)c1Cl. The fourth-order valence-corrected chi connectivity index (χ4v) is 1.73. The van der Waals surface area contributed by atoms with Gasteiger partial charge in [0.1, 0.15) is 5.60 Å². The van der Waals surface area contributed by atoms with Gasteiger partial charge in [0, 0.05) is 6.54 Å². The monoisotopic (exact) mass is 314 g/mol. The summed E-state index contributed by atoms with van der Waals surface area (Å²) in [5.41, 5.74) is 5.45. The van der Waals surface area contributed by atoms with E-state index in [-0.39, 0.29) is 10.7 Å². The minimum atomic E-state index is -0.620. The number of nitrogens with one attached hydrogen (secondary N) is 1. The van der Waals surface area contributed by atoms with Crippen molar-refractivity contribution < 1.29 is 13.9 Å². The molecule has 1 aromatic rings. The third-order valence-corrected chi connectivity index (χ3v) is 2.80. The molecule has 1 rings (SSSR count). The number of nitrogen functional groups attached to an aromatic ring is 1. The van der Waals surface area contributed by atoms with Crippen LogP contribution in [0.15, 0.2) is 18.2 Å². The lowest BCUT2D eigenvalue weighted by atomic mass is 10.1. The van der Waals surface area contributed by atoms with Gasteiger partial charge in [-0.2, -0.15) is 0 Å². The van der Waals surface area contributed by atoms with Crippen molar-refractivity contribution in [2.45, 2.75) is 32.8 Å². The van der Waals surface area contributed by atoms with E-state index in [2.05, 4.69) is 5.32 Å². The van der Waals surface area contributed by atoms with Crippen LogP contribution in [0.2, 0.25) is 5.02 Å². The van der Waals surface area contributed by atoms with Gasteiger partial charge < -0.3 is 15.8 Å². The molecule has 0 saturated carbocycles. The Hall–Kier alpha value is -1.75. The Bertz CT molecular complexity index is 539. The first kappa shape index (κ1) is 17.3. The highest BCUT2D eigenvalue weighted by Gasteiger charge is 2.15. The predicted molar refractivity (Wildman–Crippen MR) is 83.7 cm³/mol. The Labute approximate surface area is 129 Å². The molecule has 4 nitrogen and oxygen atoms in total. The molecule has 0 saturated heterocycles. The fraction of sp³-hybridized carbons (Fsp3) is 0.400. The van der Waals surface area contributed by atoms with E-state index in [4.69, 9.17) is 22.1 Å². The third-order valence-electron chi connectivity index (χ3n) is 2.42. The zero-order chi connectivity index (χ0) is 16.0. The number of ether oxygens (including phenoxy) is 1. The molecule has 116 valence electrons. The summed E-state index contributed by atoms with van der Waals surface area (Å²) in [4.78, 5) is 11.4. The molecule has 0 atom stereocenters. The van der Waals surface area contributed by atoms with Gasteiger partial charge in [-0.05, 0) is 38.8 Å². The molecule has 0 spiro atoms. The van der Waals surface area contributed by atoms with Crippen LogP contribution in [0.3, 0.4) is 0 Å². The number of carbonyl (C=O) groups is 1. The molecule has 0 aromatic heterocycles. The van der Waals surface area contributed by atoms with Crippen molar-refractivity contribution in [3.63, 3.8) is 0 Å². The molecular weight excluding hydrogens is 295 g/mol. The molecule has 0 radical (unpaired) electrons. The first-order chi connectivity index (χ1) is 9.70. The molecule has 0 aliphatic heterocycles. The largest absolute Gasteiger partial charge is 0.444 e. The fourth-order valence-electron chi connectivity index (χ4n) is 1.49. The first-order valence-corrected chi connectivity index (χ1v) is 6.95. The van der Waals surface area contributed by atoms with Gasteiger partial charge in [-0.3, -0.25) is 0 Å². The maximum atomic E-state index is 13.5. The Balaban J connectivity index is 2.43. The third kappa shape index (κ3) is 6.04. The molecule has 0 unspecified atom stereocenters. The number of amides is 1. The van der Waals surface area contributed by atoms with Gasteiger partial charge in [0.25, 0.3) is 0 Å². The number of rotatable bonds is 4. The number of carbonyl (C=O) groups excluding carboxylic acids is 1. The highest BCUT2D eigenvalue weighted by molar-refractivity contribution is 6.32. The van der Waals surface area contributed by atoms with Crippen molar-refractivity contribution in [3.05, 3.63) is 34.6 Å². The average Bonchev–Trinajstić information content (AvgIpc) is 2.36. The smallest absolute Gasteiger partial charge is 0.407 e. The van der Waals surface area contributed by atoms with Crippen molar-refractivity contribution >= 4 is 29.5 Å². The maximum absolute atomic E-state index is 13.5. The van der Waals surface area contributed by atoms with Gasteiger partial charge in [-0.15, -0.1) is 0 Å². The van der Waals surface area contributed by atoms with E-state index in [0.29, 0.717) is 18.5 Å². The number of halogens is 2. The molecule has 0 aliphatic carbocycles. The van der Waals surface area contributed by atoms with Gasteiger partial charge in [0.05, 0.1) is 10.7 Å². The topological polar surface area (TPSA) is 64.3 Å². The number of nitrogens with two attached hydrogens (primary N) is 1. The molecular formula is C15H20ClFN2O2. The normalized spacial score (nSPS) is 11.7. The van der Waals surface area contributed by atoms with Crippen LogP contribution in [-0.4, -0.2) is 18.2 Å². The van der Waals surface area contributed by atoms with Gasteiger partial charge in [-0.25, -0.2) is 9.18 Å². The van der Waals surface area contributed by atoms with Crippen molar-refractivity contribution in [1.29, 1.82) is 0 Å². The zero-order valence-corrected chi connectivity index (χ0v) is 13.1. The quantitative estimate of drug-likeness (QED) is 0.652. The van der Waals surface area contributed by atoms with Crippen LogP contribution in [0.25, 0.3) is 6.08 Å². The van der Waals surface area contributed by atoms with Crippen molar-refractivity contribution in [2.75, 3.05) is 12.3 Å². The molecule has 6 heteroatoms. The lowest BCUT2D eigenvalue weighted by molar-refractivity contribution is 0.0529. The molecule has 3 N–H and O–H groups in total. The van der Waals surface area contributed by atoms with Crippen LogP contribution in [0.1, 0.15) is 32.8 Å². The van der Waals surface area contributed by atoms with E-state index >= 15 is 0 Å². The number of anilines is 1. The number of hydrogen-bond acceptors (Lipinski definition) is 3. The van der Waals surface area contributed by atoms with Crippen LogP contribution < -0.4 is 11.1 Å². The minimum Gasteiger partial charge on any atom is -0.444 e. The van der Waals surface area contributed by atoms with Crippen LogP contribution in [0.5, 0.6) is 0 Å². The summed E-state index contributed by atoms with van der Waals surface area (Å²) in [6, 6.07) is 3.10. The van der Waals surface area contributed by atoms with E-state index in [1.165, 1.54) is 6.07 Å². The first-order valence-electron chi connectivity index (χ1n) is 6.57. The summed E-state index contributed by atoms with van der Waals surface area (Å²) in [5, 5.41) is 2.61. The summed E-state index contributed by atoms with van der Waals surface area (Å²) in [7, 11) is 0. The molecule has 0 bridgehead atoms. The Kier molecular flexibility index (Phi) is 6.03. The number of benzene rings is 1. The highest BCUT2D eigenvalue weighted by atomic mass is 35.5. The number of hydrogen-bond donors (Lipinski definition) is 2. The zero-order valence-electron chi connectivity index (χ0n) is 12.4. The average molecular weight is 315 g/mol. The van der Waals surface area contributed by atoms with E-state index in [9.17, 15) is 9.18 Å². The Morgan fingerprint density at radius 1 is 1.48 bits per heavy atom. The predicted octanol–water partition coefficient (Wildman–Crippen LogP) is 3.99. The molecule has 0 fully saturated rings. The van der Waals surface area contributed by atoms with Gasteiger partial charge >= 0.3 is 6.09 Å². The van der Waals surface area contributed by atoms with Gasteiger partial charge in [0.2, 0.25) is 0 Å². The van der Waals surface area contributed by atoms with Crippen molar-refractivity contribution in [3.8, 4) is 0 Å². The van der Waals surface area contributed by atoms with E-state index in [0.717, 1.165) is 0 Å². The van der Waals surface area contributed by atoms with Crippen LogP contribution in [-0.2, 0) is 4.74 Å². The van der Waals surface area contributed by atoms with Crippen molar-refractivity contribution in [1.82, 2.24) is 5.32 Å². The van der Waals surface area contributed by atoms with Gasteiger partial charge in [-0.1, -0.05) is 29.8 Å². The second kappa shape index (κ2) is 7.31. The Morgan fingerprint density at radius 3 is 2.76 bits per heavy atom. The Morgan fingerprint density at radius 2 is 2.14 bits per heavy atom. The van der Waals surface area contributed by atoms with Crippen LogP contribution in [0.4, 0.5) is 14.9 Å². The van der Waals surface area contributed by atoms with Crippen LogP contribution >= 0.6 is 11.6 Å². The number of alkyl carbamates (subject to hydrolysis) is 1. The summed E-state index contributed by atoms with van der Waals surface area (Å²) in [6.07, 6.45) is 3.57. The second-order valence-electron chi connectivity index (χ2n) is 5.49. The van der Waals surface area contributed by atoms with E-state index < -0.39 is 17.5 Å². The van der Waals surface area contributed by atoms with E-state index in [1.807, 2.05) is 0 Å². The van der Waals surface area contributed by atoms with Crippen LogP contribution in [0, 0.1) is 5.82 Å². The summed E-state index contributed by atoms with van der Waals surface area (Å²) in [5.74, 6) is -0.620. The summed E-state index contributed by atoms with van der Waals surface area (Å²) >= 11 is 5.84. The standard InChI is InChI=1S/C15H20ClFN2O2/c1-15(2,3)21-14(20)19-9-5-4-6-10-7-8-11(18)13(17)12(10)16/h4,6-8H,5,9,18H2,1-3H3,(H,19,20). The van der Waals surface area contributed by atoms with Crippen molar-refractivity contribution in [2.24, 2.45) is 0 Å². The molecule has 21 heavy (non-hydrogen) atoms.